The van der Waals surface area contributed by atoms with Crippen molar-refractivity contribution in [3.05, 3.63) is 60.8 Å². The highest BCUT2D eigenvalue weighted by molar-refractivity contribution is 5.83. The summed E-state index contributed by atoms with van der Waals surface area (Å²) in [4.78, 5) is 23.4. The Morgan fingerprint density at radius 3 is 2.75 bits per heavy atom. The van der Waals surface area contributed by atoms with Crippen molar-refractivity contribution in [1.29, 1.82) is 0 Å². The molecule has 1 aromatic carbocycles. The molecule has 1 saturated heterocycles. The summed E-state index contributed by atoms with van der Waals surface area (Å²) in [5.41, 5.74) is 3.10. The zero-order valence-electron chi connectivity index (χ0n) is 18.1. The number of hydrogen-bond donors (Lipinski definition) is 0. The molecule has 0 radical (unpaired) electrons. The van der Waals surface area contributed by atoms with Gasteiger partial charge in [-0.3, -0.25) is 9.78 Å². The van der Waals surface area contributed by atoms with Crippen LogP contribution in [0.5, 0.6) is 0 Å². The number of carbonyl (C=O) groups excluding carboxylic acids is 1. The zero-order valence-corrected chi connectivity index (χ0v) is 18.1. The molecule has 0 aliphatic carbocycles. The molecule has 0 unspecified atom stereocenters. The Morgan fingerprint density at radius 2 is 1.91 bits per heavy atom. The largest absolute Gasteiger partial charge is 0.466 e. The van der Waals surface area contributed by atoms with E-state index in [1.54, 1.807) is 19.3 Å². The molecule has 0 atom stereocenters. The third kappa shape index (κ3) is 4.08. The molecule has 32 heavy (non-hydrogen) atoms. The van der Waals surface area contributed by atoms with Gasteiger partial charge in [0.1, 0.15) is 0 Å². The minimum atomic E-state index is -0.238. The van der Waals surface area contributed by atoms with Crippen molar-refractivity contribution in [2.24, 2.45) is 0 Å². The number of fused-ring (bicyclic) bond motifs is 1. The lowest BCUT2D eigenvalue weighted by Gasteiger charge is -2.28. The lowest BCUT2D eigenvalue weighted by atomic mass is 10.1. The standard InChI is InChI=1S/C24H26N6O2/c1-2-32-24(31)12-18-8-11-29(17-18)22-15-25-16-23(27-22)30-21-13-20(7-6-19(21)14-26-30)28-9-4-3-5-10-28/h6-8,11,13-17H,2-5,9-10,12H2,1H3. The van der Waals surface area contributed by atoms with E-state index < -0.39 is 0 Å². The van der Waals surface area contributed by atoms with Gasteiger partial charge >= 0.3 is 5.97 Å². The first-order chi connectivity index (χ1) is 15.7. The smallest absolute Gasteiger partial charge is 0.310 e. The summed E-state index contributed by atoms with van der Waals surface area (Å²) in [5, 5.41) is 5.64. The number of hydrogen-bond acceptors (Lipinski definition) is 6. The van der Waals surface area contributed by atoms with Crippen molar-refractivity contribution < 1.29 is 9.53 Å². The van der Waals surface area contributed by atoms with Crippen molar-refractivity contribution >= 4 is 22.6 Å². The summed E-state index contributed by atoms with van der Waals surface area (Å²) < 4.78 is 8.72. The van der Waals surface area contributed by atoms with E-state index in [1.807, 2.05) is 33.9 Å². The fourth-order valence-corrected chi connectivity index (χ4v) is 4.18. The second-order valence-electron chi connectivity index (χ2n) is 7.99. The number of ether oxygens (including phenoxy) is 1. The molecular weight excluding hydrogens is 404 g/mol. The Labute approximate surface area is 186 Å². The van der Waals surface area contributed by atoms with Crippen LogP contribution in [0.25, 0.3) is 22.5 Å². The monoisotopic (exact) mass is 430 g/mol. The minimum absolute atomic E-state index is 0.233. The molecular formula is C24H26N6O2. The number of esters is 1. The normalized spacial score (nSPS) is 14.1. The molecule has 0 amide bonds. The predicted molar refractivity (Wildman–Crippen MR) is 122 cm³/mol. The van der Waals surface area contributed by atoms with E-state index in [9.17, 15) is 4.79 Å². The SMILES string of the molecule is CCOC(=O)Cc1ccn(-c2cncc(-n3ncc4ccc(N5CCCCC5)cc43)n2)c1. The van der Waals surface area contributed by atoms with Crippen LogP contribution in [0.2, 0.25) is 0 Å². The summed E-state index contributed by atoms with van der Waals surface area (Å²) in [6.45, 7) is 4.37. The first kappa shape index (κ1) is 20.2. The van der Waals surface area contributed by atoms with Gasteiger partial charge in [-0.1, -0.05) is 0 Å². The second-order valence-corrected chi connectivity index (χ2v) is 7.99. The van der Waals surface area contributed by atoms with Crippen LogP contribution in [-0.2, 0) is 16.0 Å². The molecule has 8 nitrogen and oxygen atoms in total. The molecule has 0 spiro atoms. The highest BCUT2D eigenvalue weighted by atomic mass is 16.5. The van der Waals surface area contributed by atoms with E-state index in [1.165, 1.54) is 24.9 Å². The van der Waals surface area contributed by atoms with Crippen LogP contribution in [0, 0.1) is 0 Å². The fourth-order valence-electron chi connectivity index (χ4n) is 4.18. The van der Waals surface area contributed by atoms with Crippen LogP contribution >= 0.6 is 0 Å². The topological polar surface area (TPSA) is 78.1 Å². The zero-order chi connectivity index (χ0) is 21.9. The quantitative estimate of drug-likeness (QED) is 0.434. The van der Waals surface area contributed by atoms with Gasteiger partial charge in [-0.25, -0.2) is 9.67 Å². The average Bonchev–Trinajstić information content (AvgIpc) is 3.46. The number of aromatic nitrogens is 5. The lowest BCUT2D eigenvalue weighted by molar-refractivity contribution is -0.142. The molecule has 0 saturated carbocycles. The summed E-state index contributed by atoms with van der Waals surface area (Å²) in [7, 11) is 0. The van der Waals surface area contributed by atoms with Crippen molar-refractivity contribution in [3.8, 4) is 11.6 Å². The van der Waals surface area contributed by atoms with Gasteiger partial charge in [-0.2, -0.15) is 5.10 Å². The van der Waals surface area contributed by atoms with E-state index in [0.29, 0.717) is 18.2 Å². The van der Waals surface area contributed by atoms with Crippen LogP contribution in [-0.4, -0.2) is 50.0 Å². The molecule has 4 aromatic rings. The molecule has 0 N–H and O–H groups in total. The summed E-state index contributed by atoms with van der Waals surface area (Å²) in [5.74, 6) is 1.07. The highest BCUT2D eigenvalue weighted by Crippen LogP contribution is 2.26. The third-order valence-corrected chi connectivity index (χ3v) is 5.77. The maximum absolute atomic E-state index is 11.8. The minimum Gasteiger partial charge on any atom is -0.466 e. The molecule has 1 aliphatic heterocycles. The van der Waals surface area contributed by atoms with Crippen LogP contribution in [0.1, 0.15) is 31.7 Å². The maximum Gasteiger partial charge on any atom is 0.310 e. The molecule has 8 heteroatoms. The number of carbonyl (C=O) groups is 1. The van der Waals surface area contributed by atoms with Crippen molar-refractivity contribution in [1.82, 2.24) is 24.3 Å². The predicted octanol–water partition coefficient (Wildman–Crippen LogP) is 3.70. The Balaban J connectivity index is 1.44. The van der Waals surface area contributed by atoms with Gasteiger partial charge in [0.05, 0.1) is 37.1 Å². The Morgan fingerprint density at radius 1 is 1.06 bits per heavy atom. The fraction of sp³-hybridized carbons (Fsp3) is 0.333. The van der Waals surface area contributed by atoms with Crippen LogP contribution in [0.4, 0.5) is 5.69 Å². The molecule has 164 valence electrons. The van der Waals surface area contributed by atoms with E-state index >= 15 is 0 Å². The molecule has 1 fully saturated rings. The van der Waals surface area contributed by atoms with Gasteiger partial charge < -0.3 is 14.2 Å². The van der Waals surface area contributed by atoms with Crippen LogP contribution in [0.3, 0.4) is 0 Å². The molecule has 4 heterocycles. The number of anilines is 1. The van der Waals surface area contributed by atoms with Gasteiger partial charge in [0.2, 0.25) is 0 Å². The summed E-state index contributed by atoms with van der Waals surface area (Å²) in [6, 6.07) is 8.37. The summed E-state index contributed by atoms with van der Waals surface area (Å²) >= 11 is 0. The van der Waals surface area contributed by atoms with Gasteiger partial charge in [0.25, 0.3) is 0 Å². The van der Waals surface area contributed by atoms with E-state index in [2.05, 4.69) is 33.2 Å². The van der Waals surface area contributed by atoms with E-state index in [0.717, 1.165) is 29.6 Å². The lowest BCUT2D eigenvalue weighted by Crippen LogP contribution is -2.29. The third-order valence-electron chi connectivity index (χ3n) is 5.77. The number of benzene rings is 1. The average molecular weight is 431 g/mol. The number of rotatable bonds is 6. The van der Waals surface area contributed by atoms with Gasteiger partial charge in [-0.15, -0.1) is 0 Å². The van der Waals surface area contributed by atoms with Crippen LogP contribution in [0.15, 0.2) is 55.2 Å². The Hall–Kier alpha value is -3.68. The number of piperidine rings is 1. The maximum atomic E-state index is 11.8. The van der Waals surface area contributed by atoms with Crippen molar-refractivity contribution in [2.75, 3.05) is 24.6 Å². The number of nitrogens with zero attached hydrogens (tertiary/aromatic N) is 6. The Bertz CT molecular complexity index is 1240. The van der Waals surface area contributed by atoms with E-state index in [-0.39, 0.29) is 12.4 Å². The van der Waals surface area contributed by atoms with Crippen molar-refractivity contribution in [2.45, 2.75) is 32.6 Å². The van der Waals surface area contributed by atoms with Gasteiger partial charge in [0.15, 0.2) is 11.6 Å². The van der Waals surface area contributed by atoms with Gasteiger partial charge in [0, 0.05) is 36.6 Å². The molecule has 0 bridgehead atoms. The molecule has 3 aromatic heterocycles. The van der Waals surface area contributed by atoms with Crippen LogP contribution < -0.4 is 4.90 Å². The first-order valence-corrected chi connectivity index (χ1v) is 11.1. The highest BCUT2D eigenvalue weighted by Gasteiger charge is 2.14. The van der Waals surface area contributed by atoms with E-state index in [4.69, 9.17) is 9.72 Å². The van der Waals surface area contributed by atoms with Crippen molar-refractivity contribution in [3.63, 3.8) is 0 Å². The Kier molecular flexibility index (Phi) is 5.58. The van der Waals surface area contributed by atoms with Gasteiger partial charge in [-0.05, 0) is 56.0 Å². The molecule has 5 rings (SSSR count). The summed E-state index contributed by atoms with van der Waals surface area (Å²) in [6.07, 6.45) is 13.0. The first-order valence-electron chi connectivity index (χ1n) is 11.1. The molecule has 1 aliphatic rings. The second kappa shape index (κ2) is 8.82.